The van der Waals surface area contributed by atoms with Crippen LogP contribution in [0.2, 0.25) is 0 Å². The molecule has 2 aromatic rings. The van der Waals surface area contributed by atoms with Crippen LogP contribution in [0.3, 0.4) is 0 Å². The summed E-state index contributed by atoms with van der Waals surface area (Å²) in [5, 5.41) is 9.78. The van der Waals surface area contributed by atoms with Gasteiger partial charge in [0.15, 0.2) is 0 Å². The number of hydrogen-bond acceptors (Lipinski definition) is 5. The lowest BCUT2D eigenvalue weighted by atomic mass is 10.0. The molecule has 182 valence electrons. The van der Waals surface area contributed by atoms with E-state index >= 15 is 0 Å². The van der Waals surface area contributed by atoms with Crippen LogP contribution in [0.15, 0.2) is 41.2 Å². The first kappa shape index (κ1) is 24.2. The largest absolute Gasteiger partial charge is 0.392 e. The molecule has 3 atom stereocenters. The Morgan fingerprint density at radius 3 is 2.35 bits per heavy atom. The van der Waals surface area contributed by atoms with E-state index in [1.807, 2.05) is 6.07 Å². The van der Waals surface area contributed by atoms with Gasteiger partial charge in [0, 0.05) is 37.9 Å². The molecule has 2 aliphatic heterocycles. The van der Waals surface area contributed by atoms with E-state index in [1.165, 1.54) is 10.1 Å². The Morgan fingerprint density at radius 2 is 1.76 bits per heavy atom. The first-order chi connectivity index (χ1) is 16.2. The van der Waals surface area contributed by atoms with Crippen molar-refractivity contribution in [3.63, 3.8) is 0 Å². The maximum atomic E-state index is 13.5. The smallest absolute Gasteiger partial charge is 0.256 e. The summed E-state index contributed by atoms with van der Waals surface area (Å²) in [7, 11) is 0. The highest BCUT2D eigenvalue weighted by Crippen LogP contribution is 2.32. The summed E-state index contributed by atoms with van der Waals surface area (Å²) in [6.07, 6.45) is 1.41. The first-order valence-corrected chi connectivity index (χ1v) is 12.0. The van der Waals surface area contributed by atoms with Gasteiger partial charge >= 0.3 is 0 Å². The zero-order chi connectivity index (χ0) is 24.4. The molecule has 2 fully saturated rings. The van der Waals surface area contributed by atoms with Crippen molar-refractivity contribution in [1.29, 1.82) is 0 Å². The second kappa shape index (κ2) is 10.1. The molecule has 0 aliphatic carbocycles. The Hall–Kier alpha value is -2.97. The van der Waals surface area contributed by atoms with Crippen LogP contribution in [-0.4, -0.2) is 70.1 Å². The van der Waals surface area contributed by atoms with Gasteiger partial charge in [0.05, 0.1) is 23.8 Å². The number of nitrogens with two attached hydrogens (primary N) is 1. The summed E-state index contributed by atoms with van der Waals surface area (Å²) in [4.78, 5) is 42.3. The summed E-state index contributed by atoms with van der Waals surface area (Å²) in [6, 6.07) is 11.6. The highest BCUT2D eigenvalue weighted by Gasteiger charge is 2.42. The van der Waals surface area contributed by atoms with Crippen LogP contribution < -0.4 is 11.3 Å². The maximum Gasteiger partial charge on any atom is 0.256 e. The normalized spacial score (nSPS) is 21.0. The lowest BCUT2D eigenvalue weighted by molar-refractivity contribution is 0.0765. The molecule has 3 heterocycles. The number of nitrogens with zero attached hydrogens (tertiary/aromatic N) is 3. The number of pyridine rings is 1. The van der Waals surface area contributed by atoms with Crippen LogP contribution in [0, 0.1) is 18.8 Å². The molecular weight excluding hydrogens is 432 g/mol. The minimum atomic E-state index is -0.795. The minimum absolute atomic E-state index is 0.0473. The Kier molecular flexibility index (Phi) is 7.19. The molecule has 0 saturated carbocycles. The van der Waals surface area contributed by atoms with Crippen molar-refractivity contribution < 1.29 is 14.7 Å². The summed E-state index contributed by atoms with van der Waals surface area (Å²) in [5.74, 6) is -0.254. The number of carbonyl (C=O) groups excluding carboxylic acids is 2. The number of aliphatic hydroxyl groups is 1. The van der Waals surface area contributed by atoms with E-state index in [4.69, 9.17) is 5.73 Å². The fraction of sp³-hybridized carbons (Fsp3) is 0.500. The Morgan fingerprint density at radius 1 is 1.12 bits per heavy atom. The van der Waals surface area contributed by atoms with Crippen LogP contribution in [0.5, 0.6) is 0 Å². The third kappa shape index (κ3) is 5.08. The van der Waals surface area contributed by atoms with E-state index in [0.717, 1.165) is 38.5 Å². The molecule has 0 spiro atoms. The average Bonchev–Trinajstić information content (AvgIpc) is 3.35. The van der Waals surface area contributed by atoms with Crippen molar-refractivity contribution >= 4 is 11.8 Å². The fourth-order valence-corrected chi connectivity index (χ4v) is 5.47. The Balaban J connectivity index is 1.42. The van der Waals surface area contributed by atoms with Crippen molar-refractivity contribution in [2.24, 2.45) is 17.6 Å². The zero-order valence-corrected chi connectivity index (χ0v) is 19.9. The molecular formula is C26H34N4O4. The van der Waals surface area contributed by atoms with Crippen molar-refractivity contribution in [1.82, 2.24) is 14.4 Å². The van der Waals surface area contributed by atoms with Crippen LogP contribution in [0.4, 0.5) is 0 Å². The Bertz CT molecular complexity index is 1100. The van der Waals surface area contributed by atoms with E-state index in [9.17, 15) is 19.5 Å². The average molecular weight is 467 g/mol. The second-order valence-corrected chi connectivity index (χ2v) is 9.76. The quantitative estimate of drug-likeness (QED) is 0.609. The highest BCUT2D eigenvalue weighted by molar-refractivity contribution is 6.07. The molecule has 1 aromatic carbocycles. The lowest BCUT2D eigenvalue weighted by Gasteiger charge is -2.24. The molecule has 0 radical (unpaired) electrons. The van der Waals surface area contributed by atoms with Gasteiger partial charge in [0.1, 0.15) is 0 Å². The molecule has 2 amide bonds. The van der Waals surface area contributed by atoms with E-state index in [0.29, 0.717) is 30.6 Å². The number of aliphatic hydroxyl groups excluding tert-OH is 1. The van der Waals surface area contributed by atoms with Crippen molar-refractivity contribution in [3.05, 3.63) is 69.1 Å². The monoisotopic (exact) mass is 466 g/mol. The summed E-state index contributed by atoms with van der Waals surface area (Å²) >= 11 is 0. The first-order valence-electron chi connectivity index (χ1n) is 12.0. The number of aryl methyl sites for hydroxylation is 1. The second-order valence-electron chi connectivity index (χ2n) is 9.76. The number of fused-ring (bicyclic) bond motifs is 1. The molecule has 1 aromatic heterocycles. The molecule has 4 rings (SSSR count). The molecule has 3 N–H and O–H groups in total. The predicted octanol–water partition coefficient (Wildman–Crippen LogP) is 1.27. The lowest BCUT2D eigenvalue weighted by Crippen LogP contribution is -2.38. The van der Waals surface area contributed by atoms with Crippen LogP contribution >= 0.6 is 0 Å². The fourth-order valence-electron chi connectivity index (χ4n) is 5.47. The summed E-state index contributed by atoms with van der Waals surface area (Å²) < 4.78 is 1.34. The number of rotatable bonds is 8. The third-order valence-corrected chi connectivity index (χ3v) is 7.13. The van der Waals surface area contributed by atoms with Crippen LogP contribution in [-0.2, 0) is 13.0 Å². The van der Waals surface area contributed by atoms with Crippen molar-refractivity contribution in [2.45, 2.75) is 39.3 Å². The predicted molar refractivity (Wildman–Crippen MR) is 130 cm³/mol. The van der Waals surface area contributed by atoms with Crippen molar-refractivity contribution in [3.8, 4) is 0 Å². The van der Waals surface area contributed by atoms with Crippen LogP contribution in [0.25, 0.3) is 0 Å². The molecule has 8 nitrogen and oxygen atoms in total. The van der Waals surface area contributed by atoms with Crippen LogP contribution in [0.1, 0.15) is 45.3 Å². The molecule has 8 heteroatoms. The molecule has 2 saturated heterocycles. The number of hydrogen-bond donors (Lipinski definition) is 2. The van der Waals surface area contributed by atoms with E-state index in [2.05, 4.69) is 29.2 Å². The molecule has 0 bridgehead atoms. The zero-order valence-electron chi connectivity index (χ0n) is 19.9. The van der Waals surface area contributed by atoms with Gasteiger partial charge in [0.2, 0.25) is 5.91 Å². The number of primary amides is 1. The van der Waals surface area contributed by atoms with E-state index in [1.54, 1.807) is 18.7 Å². The van der Waals surface area contributed by atoms with E-state index in [-0.39, 0.29) is 23.6 Å². The number of carbonyl (C=O) groups is 2. The number of amides is 2. The Labute approximate surface area is 200 Å². The highest BCUT2D eigenvalue weighted by atomic mass is 16.3. The standard InChI is InChI=1S/C26H34N4O4/c1-17(31)12-30-18(2)24(22(25(27)33)11-23(30)32)26(34)29-15-20-13-28(14-21(20)16-29)10-6-9-19-7-4-3-5-8-19/h3-5,7-8,11,17,20-21,31H,6,9-10,12-16H2,1-2H3,(H2,27,33)/t17-,20?,21?/m0/s1. The van der Waals surface area contributed by atoms with Gasteiger partial charge in [-0.2, -0.15) is 0 Å². The van der Waals surface area contributed by atoms with Gasteiger partial charge in [0.25, 0.3) is 11.5 Å². The summed E-state index contributed by atoms with van der Waals surface area (Å²) in [5.41, 5.74) is 6.93. The third-order valence-electron chi connectivity index (χ3n) is 7.13. The molecule has 2 unspecified atom stereocenters. The maximum absolute atomic E-state index is 13.5. The number of benzene rings is 1. The number of likely N-dealkylation sites (tertiary alicyclic amines) is 2. The molecule has 34 heavy (non-hydrogen) atoms. The van der Waals surface area contributed by atoms with E-state index < -0.39 is 17.6 Å². The van der Waals surface area contributed by atoms with Gasteiger partial charge in [-0.15, -0.1) is 0 Å². The van der Waals surface area contributed by atoms with Gasteiger partial charge in [-0.05, 0) is 50.6 Å². The molecule has 2 aliphatic rings. The van der Waals surface area contributed by atoms with Gasteiger partial charge in [-0.25, -0.2) is 0 Å². The number of aromatic nitrogens is 1. The van der Waals surface area contributed by atoms with Gasteiger partial charge in [-0.3, -0.25) is 14.4 Å². The van der Waals surface area contributed by atoms with Crippen molar-refractivity contribution in [2.75, 3.05) is 32.7 Å². The SMILES string of the molecule is Cc1c(C(=O)N2CC3CN(CCCc4ccccc4)CC3C2)c(C(N)=O)cc(=O)n1C[C@H](C)O. The van der Waals surface area contributed by atoms with Gasteiger partial charge < -0.3 is 25.2 Å². The van der Waals surface area contributed by atoms with Gasteiger partial charge in [-0.1, -0.05) is 30.3 Å². The topological polar surface area (TPSA) is 109 Å². The minimum Gasteiger partial charge on any atom is -0.392 e. The summed E-state index contributed by atoms with van der Waals surface area (Å²) in [6.45, 7) is 7.49.